The van der Waals surface area contributed by atoms with Gasteiger partial charge in [-0.05, 0) is 30.4 Å². The predicted molar refractivity (Wildman–Crippen MR) is 67.7 cm³/mol. The molecule has 0 saturated heterocycles. The molecule has 1 aliphatic carbocycles. The van der Waals surface area contributed by atoms with Gasteiger partial charge in [0.2, 0.25) is 0 Å². The van der Waals surface area contributed by atoms with Gasteiger partial charge in [0.25, 0.3) is 5.91 Å². The third-order valence-corrected chi connectivity index (χ3v) is 3.97. The normalized spacial score (nSPS) is 28.7. The van der Waals surface area contributed by atoms with Gasteiger partial charge >= 0.3 is 0 Å². The van der Waals surface area contributed by atoms with Crippen molar-refractivity contribution in [2.45, 2.75) is 39.2 Å². The van der Waals surface area contributed by atoms with E-state index in [9.17, 15) is 4.79 Å². The number of carbonyl (C=O) groups excluding carboxylic acids is 1. The molecule has 1 aromatic heterocycles. The molecule has 17 heavy (non-hydrogen) atoms. The SMILES string of the molecule is C[C@H]1[C@@H](NC(=O)c2ccncc2)CCC[C@@H]1C. The van der Waals surface area contributed by atoms with Crippen LogP contribution in [0.3, 0.4) is 0 Å². The molecule has 0 spiro atoms. The largest absolute Gasteiger partial charge is 0.349 e. The van der Waals surface area contributed by atoms with Crippen molar-refractivity contribution < 1.29 is 4.79 Å². The van der Waals surface area contributed by atoms with Crippen LogP contribution in [-0.2, 0) is 0 Å². The fraction of sp³-hybridized carbons (Fsp3) is 0.571. The Kier molecular flexibility index (Phi) is 3.77. The van der Waals surface area contributed by atoms with Gasteiger partial charge in [-0.1, -0.05) is 26.7 Å². The summed E-state index contributed by atoms with van der Waals surface area (Å²) in [5.74, 6) is 1.29. The number of nitrogens with zero attached hydrogens (tertiary/aromatic N) is 1. The maximum atomic E-state index is 12.0. The highest BCUT2D eigenvalue weighted by atomic mass is 16.1. The highest BCUT2D eigenvalue weighted by molar-refractivity contribution is 5.94. The zero-order chi connectivity index (χ0) is 12.3. The van der Waals surface area contributed by atoms with E-state index in [-0.39, 0.29) is 5.91 Å². The van der Waals surface area contributed by atoms with E-state index < -0.39 is 0 Å². The molecule has 0 unspecified atom stereocenters. The van der Waals surface area contributed by atoms with Crippen LogP contribution in [0.15, 0.2) is 24.5 Å². The molecule has 1 aromatic rings. The molecule has 1 amide bonds. The Labute approximate surface area is 103 Å². The highest BCUT2D eigenvalue weighted by Gasteiger charge is 2.28. The molecule has 3 nitrogen and oxygen atoms in total. The van der Waals surface area contributed by atoms with Crippen LogP contribution < -0.4 is 5.32 Å². The van der Waals surface area contributed by atoms with Crippen molar-refractivity contribution in [2.75, 3.05) is 0 Å². The molecule has 0 aliphatic heterocycles. The third kappa shape index (κ3) is 2.84. The molecular formula is C14H20N2O. The number of aromatic nitrogens is 1. The van der Waals surface area contributed by atoms with Crippen molar-refractivity contribution >= 4 is 5.91 Å². The van der Waals surface area contributed by atoms with E-state index in [0.717, 1.165) is 6.42 Å². The summed E-state index contributed by atoms with van der Waals surface area (Å²) in [4.78, 5) is 15.9. The van der Waals surface area contributed by atoms with Crippen molar-refractivity contribution in [1.82, 2.24) is 10.3 Å². The minimum absolute atomic E-state index is 0.0263. The van der Waals surface area contributed by atoms with Gasteiger partial charge in [0.15, 0.2) is 0 Å². The molecule has 1 saturated carbocycles. The molecule has 1 fully saturated rings. The summed E-state index contributed by atoms with van der Waals surface area (Å²) in [6.45, 7) is 4.51. The average Bonchev–Trinajstić information content (AvgIpc) is 2.36. The van der Waals surface area contributed by atoms with Crippen LogP contribution in [0.2, 0.25) is 0 Å². The van der Waals surface area contributed by atoms with Gasteiger partial charge in [-0.25, -0.2) is 0 Å². The van der Waals surface area contributed by atoms with Gasteiger partial charge in [0.1, 0.15) is 0 Å². The Morgan fingerprint density at radius 3 is 2.71 bits per heavy atom. The Hall–Kier alpha value is -1.38. The van der Waals surface area contributed by atoms with Gasteiger partial charge in [0.05, 0.1) is 0 Å². The van der Waals surface area contributed by atoms with Crippen LogP contribution in [-0.4, -0.2) is 16.9 Å². The van der Waals surface area contributed by atoms with E-state index in [1.807, 2.05) is 0 Å². The van der Waals surface area contributed by atoms with Crippen LogP contribution >= 0.6 is 0 Å². The van der Waals surface area contributed by atoms with Gasteiger partial charge in [-0.3, -0.25) is 9.78 Å². The molecule has 92 valence electrons. The van der Waals surface area contributed by atoms with Gasteiger partial charge in [-0.2, -0.15) is 0 Å². The Bertz CT molecular complexity index is 377. The predicted octanol–water partition coefficient (Wildman–Crippen LogP) is 2.64. The highest BCUT2D eigenvalue weighted by Crippen LogP contribution is 2.29. The van der Waals surface area contributed by atoms with E-state index >= 15 is 0 Å². The lowest BCUT2D eigenvalue weighted by Crippen LogP contribution is -2.43. The molecule has 0 bridgehead atoms. The summed E-state index contributed by atoms with van der Waals surface area (Å²) in [6, 6.07) is 3.83. The zero-order valence-corrected chi connectivity index (χ0v) is 10.5. The lowest BCUT2D eigenvalue weighted by molar-refractivity contribution is 0.0891. The Morgan fingerprint density at radius 1 is 1.29 bits per heavy atom. The number of amides is 1. The fourth-order valence-electron chi connectivity index (χ4n) is 2.54. The number of hydrogen-bond acceptors (Lipinski definition) is 2. The number of hydrogen-bond donors (Lipinski definition) is 1. The molecule has 2 rings (SSSR count). The molecule has 1 aliphatic rings. The second kappa shape index (κ2) is 5.30. The quantitative estimate of drug-likeness (QED) is 0.851. The zero-order valence-electron chi connectivity index (χ0n) is 10.5. The second-order valence-corrected chi connectivity index (χ2v) is 5.08. The van der Waals surface area contributed by atoms with E-state index in [0.29, 0.717) is 23.4 Å². The topological polar surface area (TPSA) is 42.0 Å². The molecule has 1 heterocycles. The summed E-state index contributed by atoms with van der Waals surface area (Å²) < 4.78 is 0. The van der Waals surface area contributed by atoms with E-state index in [1.54, 1.807) is 24.5 Å². The number of nitrogens with one attached hydrogen (secondary N) is 1. The van der Waals surface area contributed by atoms with E-state index in [2.05, 4.69) is 24.1 Å². The van der Waals surface area contributed by atoms with Gasteiger partial charge in [-0.15, -0.1) is 0 Å². The van der Waals surface area contributed by atoms with Crippen molar-refractivity contribution in [1.29, 1.82) is 0 Å². The summed E-state index contributed by atoms with van der Waals surface area (Å²) in [7, 11) is 0. The maximum absolute atomic E-state index is 12.0. The van der Waals surface area contributed by atoms with Crippen LogP contribution in [0, 0.1) is 11.8 Å². The number of pyridine rings is 1. The van der Waals surface area contributed by atoms with Crippen molar-refractivity contribution in [3.63, 3.8) is 0 Å². The van der Waals surface area contributed by atoms with Crippen LogP contribution in [0.5, 0.6) is 0 Å². The lowest BCUT2D eigenvalue weighted by Gasteiger charge is -2.34. The number of rotatable bonds is 2. The van der Waals surface area contributed by atoms with Crippen LogP contribution in [0.4, 0.5) is 0 Å². The van der Waals surface area contributed by atoms with Crippen LogP contribution in [0.25, 0.3) is 0 Å². The fourth-order valence-corrected chi connectivity index (χ4v) is 2.54. The smallest absolute Gasteiger partial charge is 0.251 e. The van der Waals surface area contributed by atoms with E-state index in [4.69, 9.17) is 0 Å². The number of carbonyl (C=O) groups is 1. The molecule has 0 aromatic carbocycles. The Balaban J connectivity index is 1.99. The minimum atomic E-state index is 0.0263. The summed E-state index contributed by atoms with van der Waals surface area (Å²) in [5.41, 5.74) is 0.699. The second-order valence-electron chi connectivity index (χ2n) is 5.08. The first kappa shape index (κ1) is 12.1. The molecule has 0 radical (unpaired) electrons. The minimum Gasteiger partial charge on any atom is -0.349 e. The van der Waals surface area contributed by atoms with Crippen molar-refractivity contribution in [3.05, 3.63) is 30.1 Å². The average molecular weight is 232 g/mol. The van der Waals surface area contributed by atoms with Crippen LogP contribution in [0.1, 0.15) is 43.5 Å². The van der Waals surface area contributed by atoms with Crippen molar-refractivity contribution in [3.8, 4) is 0 Å². The summed E-state index contributed by atoms with van der Waals surface area (Å²) >= 11 is 0. The summed E-state index contributed by atoms with van der Waals surface area (Å²) in [6.07, 6.45) is 6.90. The maximum Gasteiger partial charge on any atom is 0.251 e. The van der Waals surface area contributed by atoms with E-state index in [1.165, 1.54) is 12.8 Å². The first-order valence-electron chi connectivity index (χ1n) is 6.39. The molecular weight excluding hydrogens is 212 g/mol. The first-order valence-corrected chi connectivity index (χ1v) is 6.39. The summed E-state index contributed by atoms with van der Waals surface area (Å²) in [5, 5.41) is 3.15. The van der Waals surface area contributed by atoms with Gasteiger partial charge < -0.3 is 5.32 Å². The third-order valence-electron chi connectivity index (χ3n) is 3.97. The van der Waals surface area contributed by atoms with Crippen molar-refractivity contribution in [2.24, 2.45) is 11.8 Å². The monoisotopic (exact) mass is 232 g/mol. The lowest BCUT2D eigenvalue weighted by atomic mass is 9.78. The molecule has 3 heteroatoms. The standard InChI is InChI=1S/C14H20N2O/c1-10-4-3-5-13(11(10)2)16-14(17)12-6-8-15-9-7-12/h6-11,13H,3-5H2,1-2H3,(H,16,17)/t10-,11+,13-/m0/s1. The molecule has 3 atom stereocenters. The first-order chi connectivity index (χ1) is 8.18. The molecule has 1 N–H and O–H groups in total. The Morgan fingerprint density at radius 2 is 2.00 bits per heavy atom. The van der Waals surface area contributed by atoms with Gasteiger partial charge in [0, 0.05) is 24.0 Å².